The van der Waals surface area contributed by atoms with Gasteiger partial charge < -0.3 is 21.1 Å². The van der Waals surface area contributed by atoms with Crippen LogP contribution in [0.4, 0.5) is 0 Å². The Labute approximate surface area is 131 Å². The summed E-state index contributed by atoms with van der Waals surface area (Å²) in [4.78, 5) is 23.3. The van der Waals surface area contributed by atoms with E-state index < -0.39 is 6.04 Å². The maximum atomic E-state index is 11.7. The van der Waals surface area contributed by atoms with Gasteiger partial charge in [-0.2, -0.15) is 0 Å². The van der Waals surface area contributed by atoms with Crippen LogP contribution in [-0.4, -0.2) is 31.5 Å². The second kappa shape index (κ2) is 9.17. The van der Waals surface area contributed by atoms with Gasteiger partial charge in [-0.15, -0.1) is 0 Å². The van der Waals surface area contributed by atoms with Crippen molar-refractivity contribution in [1.29, 1.82) is 0 Å². The van der Waals surface area contributed by atoms with Crippen molar-refractivity contribution in [3.63, 3.8) is 0 Å². The quantitative estimate of drug-likeness (QED) is 0.654. The molecule has 1 aromatic rings. The van der Waals surface area contributed by atoms with Crippen LogP contribution in [0.5, 0.6) is 0 Å². The van der Waals surface area contributed by atoms with E-state index in [0.29, 0.717) is 13.2 Å². The van der Waals surface area contributed by atoms with Gasteiger partial charge in [-0.1, -0.05) is 38.1 Å². The van der Waals surface area contributed by atoms with Crippen LogP contribution in [0.15, 0.2) is 24.3 Å². The minimum Gasteiger partial charge on any atom is -0.380 e. The van der Waals surface area contributed by atoms with Crippen LogP contribution in [0.25, 0.3) is 0 Å². The molecule has 0 heterocycles. The number of carbonyl (C=O) groups excluding carboxylic acids is 2. The Morgan fingerprint density at radius 1 is 1.14 bits per heavy atom. The summed E-state index contributed by atoms with van der Waals surface area (Å²) < 4.78 is 5.04. The van der Waals surface area contributed by atoms with E-state index >= 15 is 0 Å². The van der Waals surface area contributed by atoms with E-state index in [9.17, 15) is 9.59 Å². The Morgan fingerprint density at radius 2 is 1.73 bits per heavy atom. The summed E-state index contributed by atoms with van der Waals surface area (Å²) >= 11 is 0. The molecule has 2 amide bonds. The number of hydrogen-bond acceptors (Lipinski definition) is 4. The molecule has 6 nitrogen and oxygen atoms in total. The Balaban J connectivity index is 2.32. The average Bonchev–Trinajstić information content (AvgIpc) is 2.51. The molecular formula is C16H25N3O3. The first kappa shape index (κ1) is 18.1. The minimum absolute atomic E-state index is 0.0358. The summed E-state index contributed by atoms with van der Waals surface area (Å²) in [7, 11) is 1.65. The molecule has 0 bridgehead atoms. The summed E-state index contributed by atoms with van der Waals surface area (Å²) in [5.74, 6) is -0.520. The van der Waals surface area contributed by atoms with E-state index in [2.05, 4.69) is 10.6 Å². The van der Waals surface area contributed by atoms with Gasteiger partial charge in [-0.3, -0.25) is 9.59 Å². The maximum Gasteiger partial charge on any atom is 0.239 e. The lowest BCUT2D eigenvalue weighted by Gasteiger charge is -2.15. The molecule has 0 spiro atoms. The summed E-state index contributed by atoms with van der Waals surface area (Å²) in [5, 5.41) is 5.28. The summed E-state index contributed by atoms with van der Waals surface area (Å²) in [6.07, 6.45) is 0. The third-order valence-corrected chi connectivity index (χ3v) is 3.27. The molecule has 1 atom stereocenters. The fourth-order valence-corrected chi connectivity index (χ4v) is 1.77. The zero-order valence-corrected chi connectivity index (χ0v) is 13.4. The lowest BCUT2D eigenvalue weighted by Crippen LogP contribution is -2.47. The number of nitrogens with two attached hydrogens (primary N) is 1. The molecule has 6 heteroatoms. The number of hydrogen-bond donors (Lipinski definition) is 3. The largest absolute Gasteiger partial charge is 0.380 e. The average molecular weight is 307 g/mol. The van der Waals surface area contributed by atoms with Crippen LogP contribution in [0.3, 0.4) is 0 Å². The van der Waals surface area contributed by atoms with Crippen molar-refractivity contribution in [2.75, 3.05) is 13.7 Å². The van der Waals surface area contributed by atoms with Crippen LogP contribution in [-0.2, 0) is 27.5 Å². The molecule has 0 radical (unpaired) electrons. The fraction of sp³-hybridized carbons (Fsp3) is 0.500. The highest BCUT2D eigenvalue weighted by Crippen LogP contribution is 2.05. The molecule has 0 saturated heterocycles. The van der Waals surface area contributed by atoms with Gasteiger partial charge in [0.25, 0.3) is 0 Å². The smallest absolute Gasteiger partial charge is 0.239 e. The number of benzene rings is 1. The lowest BCUT2D eigenvalue weighted by atomic mass is 10.1. The van der Waals surface area contributed by atoms with Crippen molar-refractivity contribution in [3.05, 3.63) is 35.4 Å². The van der Waals surface area contributed by atoms with Crippen molar-refractivity contribution < 1.29 is 14.3 Å². The van der Waals surface area contributed by atoms with E-state index in [1.54, 1.807) is 7.11 Å². The van der Waals surface area contributed by atoms with E-state index in [-0.39, 0.29) is 24.3 Å². The summed E-state index contributed by atoms with van der Waals surface area (Å²) in [6.45, 7) is 4.63. The monoisotopic (exact) mass is 307 g/mol. The van der Waals surface area contributed by atoms with Gasteiger partial charge in [0.15, 0.2) is 0 Å². The molecule has 0 aliphatic rings. The van der Waals surface area contributed by atoms with E-state index in [0.717, 1.165) is 11.1 Å². The Kier molecular flexibility index (Phi) is 7.56. The normalized spacial score (nSPS) is 12.0. The first-order valence-electron chi connectivity index (χ1n) is 7.30. The summed E-state index contributed by atoms with van der Waals surface area (Å²) in [6, 6.07) is 7.17. The van der Waals surface area contributed by atoms with E-state index in [1.165, 1.54) is 0 Å². The minimum atomic E-state index is -0.596. The third kappa shape index (κ3) is 6.24. The molecule has 1 aromatic carbocycles. The number of carbonyl (C=O) groups is 2. The second-order valence-corrected chi connectivity index (χ2v) is 5.51. The Bertz CT molecular complexity index is 486. The Hall–Kier alpha value is -1.92. The predicted octanol–water partition coefficient (Wildman–Crippen LogP) is 0.549. The van der Waals surface area contributed by atoms with Crippen molar-refractivity contribution in [2.45, 2.75) is 33.0 Å². The molecular weight excluding hydrogens is 282 g/mol. The maximum absolute atomic E-state index is 11.7. The third-order valence-electron chi connectivity index (χ3n) is 3.27. The molecule has 0 saturated carbocycles. The van der Waals surface area contributed by atoms with Crippen LogP contribution in [0, 0.1) is 5.92 Å². The first-order valence-corrected chi connectivity index (χ1v) is 7.30. The van der Waals surface area contributed by atoms with Crippen LogP contribution in [0.1, 0.15) is 25.0 Å². The van der Waals surface area contributed by atoms with Gasteiger partial charge in [0, 0.05) is 13.7 Å². The molecule has 0 aliphatic heterocycles. The standard InChI is InChI=1S/C16H25N3O3/c1-11(2)15(17)16(21)19-9-14(20)18-8-12-4-6-13(7-5-12)10-22-3/h4-7,11,15H,8-10,17H2,1-3H3,(H,18,20)(H,19,21)/t15-/m0/s1. The highest BCUT2D eigenvalue weighted by molar-refractivity contribution is 5.87. The first-order chi connectivity index (χ1) is 10.4. The molecule has 0 fully saturated rings. The highest BCUT2D eigenvalue weighted by atomic mass is 16.5. The molecule has 0 aliphatic carbocycles. The van der Waals surface area contributed by atoms with Crippen molar-refractivity contribution in [1.82, 2.24) is 10.6 Å². The van der Waals surface area contributed by atoms with Crippen molar-refractivity contribution in [3.8, 4) is 0 Å². The van der Waals surface area contributed by atoms with Gasteiger partial charge in [0.05, 0.1) is 19.2 Å². The van der Waals surface area contributed by atoms with Crippen LogP contribution >= 0.6 is 0 Å². The summed E-state index contributed by atoms with van der Waals surface area (Å²) in [5.41, 5.74) is 7.76. The predicted molar refractivity (Wildman–Crippen MR) is 84.8 cm³/mol. The van der Waals surface area contributed by atoms with Gasteiger partial charge >= 0.3 is 0 Å². The molecule has 22 heavy (non-hydrogen) atoms. The molecule has 122 valence electrons. The SMILES string of the molecule is COCc1ccc(CNC(=O)CNC(=O)[C@@H](N)C(C)C)cc1. The van der Waals surface area contributed by atoms with Gasteiger partial charge in [0.2, 0.25) is 11.8 Å². The topological polar surface area (TPSA) is 93.5 Å². The lowest BCUT2D eigenvalue weighted by molar-refractivity contribution is -0.127. The number of nitrogens with one attached hydrogen (secondary N) is 2. The number of methoxy groups -OCH3 is 1. The molecule has 1 rings (SSSR count). The number of amides is 2. The molecule has 0 aromatic heterocycles. The second-order valence-electron chi connectivity index (χ2n) is 5.51. The molecule has 0 unspecified atom stereocenters. The highest BCUT2D eigenvalue weighted by Gasteiger charge is 2.17. The van der Waals surface area contributed by atoms with Gasteiger partial charge in [-0.25, -0.2) is 0 Å². The zero-order valence-electron chi connectivity index (χ0n) is 13.4. The van der Waals surface area contributed by atoms with E-state index in [1.807, 2.05) is 38.1 Å². The van der Waals surface area contributed by atoms with Crippen molar-refractivity contribution >= 4 is 11.8 Å². The zero-order chi connectivity index (χ0) is 16.5. The van der Waals surface area contributed by atoms with Gasteiger partial charge in [0.1, 0.15) is 0 Å². The van der Waals surface area contributed by atoms with Gasteiger partial charge in [-0.05, 0) is 17.0 Å². The number of ether oxygens (including phenoxy) is 1. The van der Waals surface area contributed by atoms with Crippen molar-refractivity contribution in [2.24, 2.45) is 11.7 Å². The van der Waals surface area contributed by atoms with Crippen LogP contribution in [0.2, 0.25) is 0 Å². The Morgan fingerprint density at radius 3 is 2.27 bits per heavy atom. The van der Waals surface area contributed by atoms with E-state index in [4.69, 9.17) is 10.5 Å². The van der Waals surface area contributed by atoms with Crippen LogP contribution < -0.4 is 16.4 Å². The number of rotatable bonds is 8. The fourth-order valence-electron chi connectivity index (χ4n) is 1.77. The molecule has 4 N–H and O–H groups in total.